The highest BCUT2D eigenvalue weighted by Crippen LogP contribution is 2.53. The fraction of sp³-hybridized carbons (Fsp3) is 0.909. The van der Waals surface area contributed by atoms with Gasteiger partial charge in [0.05, 0.1) is 5.84 Å². The van der Waals surface area contributed by atoms with E-state index in [4.69, 9.17) is 5.41 Å². The van der Waals surface area contributed by atoms with Gasteiger partial charge in [-0.15, -0.1) is 0 Å². The van der Waals surface area contributed by atoms with Crippen LogP contribution >= 0.6 is 0 Å². The van der Waals surface area contributed by atoms with Crippen LogP contribution < -0.4 is 0 Å². The van der Waals surface area contributed by atoms with Gasteiger partial charge >= 0.3 is 0 Å². The van der Waals surface area contributed by atoms with Crippen molar-refractivity contribution in [2.45, 2.75) is 44.6 Å². The molecule has 2 nitrogen and oxygen atoms in total. The van der Waals surface area contributed by atoms with Gasteiger partial charge in [-0.2, -0.15) is 0 Å². The Morgan fingerprint density at radius 1 is 1.08 bits per heavy atom. The summed E-state index contributed by atoms with van der Waals surface area (Å²) in [5.74, 6) is 3.04. The summed E-state index contributed by atoms with van der Waals surface area (Å²) < 4.78 is 0. The highest BCUT2D eigenvalue weighted by molar-refractivity contribution is 5.80. The number of piperidine rings is 1. The molecule has 0 aromatic heterocycles. The van der Waals surface area contributed by atoms with Gasteiger partial charge in [0.1, 0.15) is 0 Å². The third kappa shape index (κ3) is 1.27. The summed E-state index contributed by atoms with van der Waals surface area (Å²) in [5.41, 5.74) is 0. The maximum atomic E-state index is 7.92. The van der Waals surface area contributed by atoms with E-state index in [1.807, 2.05) is 0 Å². The molecule has 13 heavy (non-hydrogen) atoms. The smallest absolute Gasteiger partial charge is 0.0960 e. The number of nitrogens with zero attached hydrogens (tertiary/aromatic N) is 1. The maximum absolute atomic E-state index is 7.92. The van der Waals surface area contributed by atoms with E-state index >= 15 is 0 Å². The Labute approximate surface area is 79.8 Å². The predicted octanol–water partition coefficient (Wildman–Crippen LogP) is 2.25. The summed E-state index contributed by atoms with van der Waals surface area (Å²) in [6, 6.07) is 0.761. The SMILES string of the molecule is N=C1CCCCN1C1CC2CC2C1. The zero-order chi connectivity index (χ0) is 8.84. The predicted molar refractivity (Wildman–Crippen MR) is 52.9 cm³/mol. The number of nitrogens with one attached hydrogen (secondary N) is 1. The zero-order valence-electron chi connectivity index (χ0n) is 8.13. The molecule has 0 bridgehead atoms. The number of likely N-dealkylation sites (tertiary alicyclic amines) is 1. The number of amidine groups is 1. The molecule has 0 radical (unpaired) electrons. The minimum atomic E-state index is 0.761. The van der Waals surface area contributed by atoms with Crippen molar-refractivity contribution in [1.29, 1.82) is 5.41 Å². The van der Waals surface area contributed by atoms with Crippen LogP contribution in [-0.2, 0) is 0 Å². The average Bonchev–Trinajstić information content (AvgIpc) is 2.75. The highest BCUT2D eigenvalue weighted by Gasteiger charge is 2.47. The number of fused-ring (bicyclic) bond motifs is 1. The second-order valence-electron chi connectivity index (χ2n) is 4.98. The first kappa shape index (κ1) is 7.84. The van der Waals surface area contributed by atoms with Crippen LogP contribution in [0, 0.1) is 17.2 Å². The molecule has 2 unspecified atom stereocenters. The van der Waals surface area contributed by atoms with Crippen molar-refractivity contribution in [3.05, 3.63) is 0 Å². The third-order valence-corrected chi connectivity index (χ3v) is 4.07. The van der Waals surface area contributed by atoms with Crippen LogP contribution in [0.2, 0.25) is 0 Å². The van der Waals surface area contributed by atoms with Gasteiger partial charge in [0.25, 0.3) is 0 Å². The van der Waals surface area contributed by atoms with Gasteiger partial charge in [-0.05, 0) is 43.9 Å². The van der Waals surface area contributed by atoms with Crippen LogP contribution in [0.3, 0.4) is 0 Å². The fourth-order valence-electron chi connectivity index (χ4n) is 3.19. The van der Waals surface area contributed by atoms with Crippen molar-refractivity contribution in [3.63, 3.8) is 0 Å². The molecule has 1 aliphatic heterocycles. The molecule has 2 heteroatoms. The normalized spacial score (nSPS) is 43.5. The topological polar surface area (TPSA) is 27.1 Å². The molecule has 2 saturated carbocycles. The molecule has 3 rings (SSSR count). The number of rotatable bonds is 1. The van der Waals surface area contributed by atoms with E-state index in [-0.39, 0.29) is 0 Å². The lowest BCUT2D eigenvalue weighted by Crippen LogP contribution is -2.42. The van der Waals surface area contributed by atoms with Crippen LogP contribution in [0.25, 0.3) is 0 Å². The summed E-state index contributed by atoms with van der Waals surface area (Å²) in [4.78, 5) is 2.40. The standard InChI is InChI=1S/C11H18N2/c12-11-3-1-2-4-13(11)10-6-8-5-9(8)7-10/h8-10,12H,1-7H2. The molecule has 0 aromatic rings. The number of hydrogen-bond acceptors (Lipinski definition) is 1. The van der Waals surface area contributed by atoms with Crippen LogP contribution in [0.5, 0.6) is 0 Å². The third-order valence-electron chi connectivity index (χ3n) is 4.07. The van der Waals surface area contributed by atoms with E-state index in [0.29, 0.717) is 0 Å². The molecule has 2 atom stereocenters. The monoisotopic (exact) mass is 178 g/mol. The summed E-state index contributed by atoms with van der Waals surface area (Å²) in [6.45, 7) is 1.17. The second-order valence-corrected chi connectivity index (χ2v) is 4.98. The number of hydrogen-bond donors (Lipinski definition) is 1. The zero-order valence-corrected chi connectivity index (χ0v) is 8.13. The highest BCUT2D eigenvalue weighted by atomic mass is 15.2. The van der Waals surface area contributed by atoms with Gasteiger partial charge in [0.2, 0.25) is 0 Å². The van der Waals surface area contributed by atoms with Gasteiger partial charge in [-0.1, -0.05) is 0 Å². The molecule has 72 valence electrons. The van der Waals surface area contributed by atoms with E-state index in [9.17, 15) is 0 Å². The Balaban J connectivity index is 1.66. The molecular formula is C11H18N2. The van der Waals surface area contributed by atoms with E-state index in [1.54, 1.807) is 0 Å². The van der Waals surface area contributed by atoms with Crippen LogP contribution in [-0.4, -0.2) is 23.3 Å². The molecule has 0 spiro atoms. The Bertz CT molecular complexity index is 226. The van der Waals surface area contributed by atoms with Gasteiger partial charge in [0, 0.05) is 19.0 Å². The molecule has 1 heterocycles. The summed E-state index contributed by atoms with van der Waals surface area (Å²) >= 11 is 0. The lowest BCUT2D eigenvalue weighted by molar-refractivity contribution is 0.267. The fourth-order valence-corrected chi connectivity index (χ4v) is 3.19. The largest absolute Gasteiger partial charge is 0.358 e. The van der Waals surface area contributed by atoms with Crippen LogP contribution in [0.1, 0.15) is 38.5 Å². The summed E-state index contributed by atoms with van der Waals surface area (Å²) in [5, 5.41) is 7.92. The van der Waals surface area contributed by atoms with Crippen molar-refractivity contribution in [3.8, 4) is 0 Å². The Morgan fingerprint density at radius 2 is 1.85 bits per heavy atom. The van der Waals surface area contributed by atoms with Crippen molar-refractivity contribution in [2.75, 3.05) is 6.54 Å². The molecule has 0 amide bonds. The molecule has 3 fully saturated rings. The molecule has 1 saturated heterocycles. The van der Waals surface area contributed by atoms with Crippen LogP contribution in [0.15, 0.2) is 0 Å². The molecule has 3 aliphatic rings. The lowest BCUT2D eigenvalue weighted by Gasteiger charge is -2.35. The summed E-state index contributed by atoms with van der Waals surface area (Å²) in [6.07, 6.45) is 7.88. The van der Waals surface area contributed by atoms with Gasteiger partial charge in [-0.25, -0.2) is 0 Å². The van der Waals surface area contributed by atoms with Crippen molar-refractivity contribution in [2.24, 2.45) is 11.8 Å². The molecule has 2 aliphatic carbocycles. The van der Waals surface area contributed by atoms with Crippen molar-refractivity contribution >= 4 is 5.84 Å². The molecule has 0 aromatic carbocycles. The van der Waals surface area contributed by atoms with Gasteiger partial charge in [-0.3, -0.25) is 5.41 Å². The maximum Gasteiger partial charge on any atom is 0.0960 e. The molecular weight excluding hydrogens is 160 g/mol. The molecule has 1 N–H and O–H groups in total. The van der Waals surface area contributed by atoms with Crippen molar-refractivity contribution < 1.29 is 0 Å². The quantitative estimate of drug-likeness (QED) is 0.655. The minimum absolute atomic E-state index is 0.761. The van der Waals surface area contributed by atoms with Gasteiger partial charge in [0.15, 0.2) is 0 Å². The first-order chi connectivity index (χ1) is 6.34. The minimum Gasteiger partial charge on any atom is -0.358 e. The van der Waals surface area contributed by atoms with E-state index in [2.05, 4.69) is 4.90 Å². The second kappa shape index (κ2) is 2.73. The first-order valence-corrected chi connectivity index (χ1v) is 5.68. The Kier molecular flexibility index (Phi) is 1.64. The first-order valence-electron chi connectivity index (χ1n) is 5.68. The van der Waals surface area contributed by atoms with Gasteiger partial charge < -0.3 is 4.90 Å². The lowest BCUT2D eigenvalue weighted by atomic mass is 10.0. The Hall–Kier alpha value is -0.530. The van der Waals surface area contributed by atoms with Crippen molar-refractivity contribution in [1.82, 2.24) is 4.90 Å². The average molecular weight is 178 g/mol. The Morgan fingerprint density at radius 3 is 2.54 bits per heavy atom. The summed E-state index contributed by atoms with van der Waals surface area (Å²) in [7, 11) is 0. The van der Waals surface area contributed by atoms with E-state index in [1.165, 1.54) is 38.6 Å². The van der Waals surface area contributed by atoms with Crippen LogP contribution in [0.4, 0.5) is 0 Å². The van der Waals surface area contributed by atoms with E-state index in [0.717, 1.165) is 30.1 Å². The van der Waals surface area contributed by atoms with E-state index < -0.39 is 0 Å².